The van der Waals surface area contributed by atoms with Crippen molar-refractivity contribution in [3.05, 3.63) is 0 Å². The Labute approximate surface area is 145 Å². The number of carbonyl (C=O) groups is 2. The molecule has 1 spiro atoms. The Balaban J connectivity index is 1.83. The molecule has 5 heteroatoms. The van der Waals surface area contributed by atoms with Crippen molar-refractivity contribution in [1.29, 1.82) is 0 Å². The van der Waals surface area contributed by atoms with E-state index in [1.54, 1.807) is 0 Å². The largest absolute Gasteiger partial charge is 0.354 e. The molecule has 3 aliphatic rings. The SMILES string of the molecule is CCCNC(=O)[C@@H]1CO[C@]2(CCC[C@@H](C)C2)N1C(=O)C1CCCC1. The Morgan fingerprint density at radius 2 is 1.96 bits per heavy atom. The molecule has 0 unspecified atom stereocenters. The van der Waals surface area contributed by atoms with Gasteiger partial charge in [0.05, 0.1) is 6.61 Å². The minimum atomic E-state index is -0.536. The fraction of sp³-hybridized carbons (Fsp3) is 0.895. The number of nitrogens with zero attached hydrogens (tertiary/aromatic N) is 1. The van der Waals surface area contributed by atoms with Crippen molar-refractivity contribution in [1.82, 2.24) is 10.2 Å². The molecule has 0 bridgehead atoms. The smallest absolute Gasteiger partial charge is 0.245 e. The molecule has 1 aliphatic heterocycles. The Bertz CT molecular complexity index is 475. The Morgan fingerprint density at radius 3 is 2.62 bits per heavy atom. The monoisotopic (exact) mass is 336 g/mol. The van der Waals surface area contributed by atoms with Crippen LogP contribution in [0.15, 0.2) is 0 Å². The molecule has 3 rings (SSSR count). The van der Waals surface area contributed by atoms with Gasteiger partial charge in [-0.2, -0.15) is 0 Å². The van der Waals surface area contributed by atoms with Crippen LogP contribution >= 0.6 is 0 Å². The Kier molecular flexibility index (Phi) is 5.48. The fourth-order valence-electron chi connectivity index (χ4n) is 4.77. The van der Waals surface area contributed by atoms with E-state index < -0.39 is 11.8 Å². The lowest BCUT2D eigenvalue weighted by molar-refractivity contribution is -0.166. The first-order valence-corrected chi connectivity index (χ1v) is 9.82. The van der Waals surface area contributed by atoms with Crippen LogP contribution in [0, 0.1) is 11.8 Å². The molecule has 0 aromatic carbocycles. The van der Waals surface area contributed by atoms with E-state index in [1.165, 1.54) is 6.42 Å². The lowest BCUT2D eigenvalue weighted by Gasteiger charge is -2.44. The minimum Gasteiger partial charge on any atom is -0.354 e. The van der Waals surface area contributed by atoms with E-state index in [-0.39, 0.29) is 17.7 Å². The number of carbonyl (C=O) groups excluding carboxylic acids is 2. The average molecular weight is 336 g/mol. The van der Waals surface area contributed by atoms with Gasteiger partial charge in [-0.25, -0.2) is 0 Å². The second-order valence-electron chi connectivity index (χ2n) is 7.96. The number of ether oxygens (including phenoxy) is 1. The van der Waals surface area contributed by atoms with E-state index in [1.807, 2.05) is 11.8 Å². The van der Waals surface area contributed by atoms with Gasteiger partial charge in [-0.3, -0.25) is 14.5 Å². The zero-order valence-electron chi connectivity index (χ0n) is 15.2. The van der Waals surface area contributed by atoms with E-state index in [0.29, 0.717) is 19.1 Å². The molecule has 2 aliphatic carbocycles. The van der Waals surface area contributed by atoms with Gasteiger partial charge in [0.25, 0.3) is 0 Å². The van der Waals surface area contributed by atoms with Gasteiger partial charge in [-0.15, -0.1) is 0 Å². The summed E-state index contributed by atoms with van der Waals surface area (Å²) in [5, 5.41) is 2.97. The molecule has 1 heterocycles. The third kappa shape index (κ3) is 3.32. The molecular weight excluding hydrogens is 304 g/mol. The summed E-state index contributed by atoms with van der Waals surface area (Å²) < 4.78 is 6.20. The summed E-state index contributed by atoms with van der Waals surface area (Å²) in [6.45, 7) is 5.27. The maximum absolute atomic E-state index is 13.3. The summed E-state index contributed by atoms with van der Waals surface area (Å²) >= 11 is 0. The van der Waals surface area contributed by atoms with Crippen LogP contribution in [0.3, 0.4) is 0 Å². The molecule has 1 saturated heterocycles. The summed E-state index contributed by atoms with van der Waals surface area (Å²) in [7, 11) is 0. The molecule has 3 fully saturated rings. The van der Waals surface area contributed by atoms with Crippen LogP contribution in [0.2, 0.25) is 0 Å². The number of amides is 2. The van der Waals surface area contributed by atoms with E-state index in [2.05, 4.69) is 12.2 Å². The quantitative estimate of drug-likeness (QED) is 0.859. The third-order valence-corrected chi connectivity index (χ3v) is 5.99. The highest BCUT2D eigenvalue weighted by Crippen LogP contribution is 2.44. The first-order valence-electron chi connectivity index (χ1n) is 9.82. The minimum absolute atomic E-state index is 0.0432. The number of hydrogen-bond acceptors (Lipinski definition) is 3. The van der Waals surface area contributed by atoms with E-state index in [9.17, 15) is 9.59 Å². The van der Waals surface area contributed by atoms with Gasteiger partial charge < -0.3 is 10.1 Å². The third-order valence-electron chi connectivity index (χ3n) is 5.99. The number of nitrogens with one attached hydrogen (secondary N) is 1. The molecule has 1 N–H and O–H groups in total. The highest BCUT2D eigenvalue weighted by Gasteiger charge is 2.54. The zero-order valence-corrected chi connectivity index (χ0v) is 15.2. The van der Waals surface area contributed by atoms with E-state index in [0.717, 1.165) is 51.4 Å². The summed E-state index contributed by atoms with van der Waals surface area (Å²) in [5.74, 6) is 0.742. The molecule has 5 nitrogen and oxygen atoms in total. The maximum atomic E-state index is 13.3. The Hall–Kier alpha value is -1.10. The predicted molar refractivity (Wildman–Crippen MR) is 92.2 cm³/mol. The van der Waals surface area contributed by atoms with E-state index in [4.69, 9.17) is 4.74 Å². The van der Waals surface area contributed by atoms with Gasteiger partial charge in [0.2, 0.25) is 11.8 Å². The average Bonchev–Trinajstić information content (AvgIpc) is 3.20. The number of hydrogen-bond donors (Lipinski definition) is 1. The van der Waals surface area contributed by atoms with Crippen molar-refractivity contribution < 1.29 is 14.3 Å². The van der Waals surface area contributed by atoms with Gasteiger partial charge in [0.1, 0.15) is 11.8 Å². The number of rotatable bonds is 4. The fourth-order valence-corrected chi connectivity index (χ4v) is 4.77. The molecular formula is C19H32N2O3. The van der Waals surface area contributed by atoms with Crippen LogP contribution in [-0.2, 0) is 14.3 Å². The molecule has 136 valence electrons. The molecule has 2 amide bonds. The van der Waals surface area contributed by atoms with Gasteiger partial charge in [-0.05, 0) is 44.4 Å². The van der Waals surface area contributed by atoms with E-state index >= 15 is 0 Å². The standard InChI is InChI=1S/C19H32N2O3/c1-3-11-20-17(22)16-13-24-19(10-6-7-14(2)12-19)21(16)18(23)15-8-4-5-9-15/h14-16H,3-13H2,1-2H3,(H,20,22)/t14-,16+,19+/m1/s1. The first-order chi connectivity index (χ1) is 11.6. The van der Waals surface area contributed by atoms with Crippen LogP contribution in [0.1, 0.15) is 71.6 Å². The van der Waals surface area contributed by atoms with Gasteiger partial charge in [0, 0.05) is 12.5 Å². The second-order valence-corrected chi connectivity index (χ2v) is 7.96. The maximum Gasteiger partial charge on any atom is 0.245 e. The second kappa shape index (κ2) is 7.42. The molecule has 3 atom stereocenters. The van der Waals surface area contributed by atoms with Crippen molar-refractivity contribution in [3.63, 3.8) is 0 Å². The van der Waals surface area contributed by atoms with Crippen molar-refractivity contribution >= 4 is 11.8 Å². The highest BCUT2D eigenvalue weighted by atomic mass is 16.5. The van der Waals surface area contributed by atoms with Crippen molar-refractivity contribution in [3.8, 4) is 0 Å². The van der Waals surface area contributed by atoms with Crippen LogP contribution in [0.25, 0.3) is 0 Å². The lowest BCUT2D eigenvalue weighted by Crippen LogP contribution is -2.58. The summed E-state index contributed by atoms with van der Waals surface area (Å²) in [4.78, 5) is 27.8. The van der Waals surface area contributed by atoms with Gasteiger partial charge in [-0.1, -0.05) is 33.1 Å². The van der Waals surface area contributed by atoms with Gasteiger partial charge in [0.15, 0.2) is 0 Å². The van der Waals surface area contributed by atoms with Crippen molar-refractivity contribution in [2.75, 3.05) is 13.2 Å². The van der Waals surface area contributed by atoms with Crippen LogP contribution in [-0.4, -0.2) is 41.6 Å². The molecule has 2 saturated carbocycles. The lowest BCUT2D eigenvalue weighted by atomic mass is 9.82. The summed E-state index contributed by atoms with van der Waals surface area (Å²) in [6, 6.07) is -0.449. The van der Waals surface area contributed by atoms with Crippen LogP contribution in [0.5, 0.6) is 0 Å². The topological polar surface area (TPSA) is 58.6 Å². The molecule has 24 heavy (non-hydrogen) atoms. The van der Waals surface area contributed by atoms with Crippen molar-refractivity contribution in [2.24, 2.45) is 11.8 Å². The normalized spacial score (nSPS) is 34.0. The Morgan fingerprint density at radius 1 is 1.21 bits per heavy atom. The molecule has 0 aromatic heterocycles. The first kappa shape index (κ1) is 17.7. The predicted octanol–water partition coefficient (Wildman–Crippen LogP) is 2.84. The summed E-state index contributed by atoms with van der Waals surface area (Å²) in [5.41, 5.74) is -0.536. The molecule has 0 radical (unpaired) electrons. The van der Waals surface area contributed by atoms with Crippen molar-refractivity contribution in [2.45, 2.75) is 83.4 Å². The van der Waals surface area contributed by atoms with Gasteiger partial charge >= 0.3 is 0 Å². The van der Waals surface area contributed by atoms with Crippen LogP contribution < -0.4 is 5.32 Å². The molecule has 0 aromatic rings. The van der Waals surface area contributed by atoms with Crippen LogP contribution in [0.4, 0.5) is 0 Å². The zero-order chi connectivity index (χ0) is 17.2. The highest BCUT2D eigenvalue weighted by molar-refractivity contribution is 5.89. The summed E-state index contributed by atoms with van der Waals surface area (Å²) in [6.07, 6.45) is 9.06.